The number of carbonyl (C=O) groups excluding carboxylic acids is 4. The highest BCUT2D eigenvalue weighted by Gasteiger charge is 2.27. The van der Waals surface area contributed by atoms with Crippen molar-refractivity contribution in [1.29, 1.82) is 0 Å². The van der Waals surface area contributed by atoms with E-state index in [9.17, 15) is 29.3 Å². The van der Waals surface area contributed by atoms with Crippen molar-refractivity contribution < 1.29 is 33.3 Å². The van der Waals surface area contributed by atoms with Gasteiger partial charge in [0.2, 0.25) is 11.7 Å². The lowest BCUT2D eigenvalue weighted by molar-refractivity contribution is -0.384. The summed E-state index contributed by atoms with van der Waals surface area (Å²) in [5.74, 6) is -2.71. The molecule has 0 aliphatic heterocycles. The maximum Gasteiger partial charge on any atom is 0.326 e. The number of benzene rings is 2. The summed E-state index contributed by atoms with van der Waals surface area (Å²) in [4.78, 5) is 59.4. The van der Waals surface area contributed by atoms with Crippen molar-refractivity contribution >= 4 is 29.3 Å². The van der Waals surface area contributed by atoms with E-state index in [0.29, 0.717) is 0 Å². The molecule has 34 heavy (non-hydrogen) atoms. The number of ether oxygens (including phenoxy) is 1. The topological polar surface area (TPSA) is 158 Å². The molecule has 0 saturated carbocycles. The standard InChI is InChI=1S/C23H19N3O8/c27-19(13-25-23(30)18-7-4-12-33-18)24-14-20(28)34-22(21(29)15-5-2-1-3-6-15)16-8-10-17(11-9-16)26(31)32/h1-12,22H,13-14H2,(H,24,27)(H,25,30)/t22-/m0/s1. The number of Topliss-reactive ketones (excluding diaryl/α,β-unsaturated/α-hetero) is 1. The number of carbonyl (C=O) groups is 4. The Morgan fingerprint density at radius 3 is 2.24 bits per heavy atom. The Bertz CT molecular complexity index is 1170. The molecule has 1 heterocycles. The first-order chi connectivity index (χ1) is 16.3. The minimum absolute atomic E-state index is 0.0255. The van der Waals surface area contributed by atoms with E-state index in [2.05, 4.69) is 10.6 Å². The number of nitro benzene ring substituents is 1. The first-order valence-corrected chi connectivity index (χ1v) is 9.96. The fourth-order valence-corrected chi connectivity index (χ4v) is 2.86. The number of hydrogen-bond donors (Lipinski definition) is 2. The molecule has 11 heteroatoms. The third-order valence-electron chi connectivity index (χ3n) is 4.54. The molecule has 0 spiro atoms. The van der Waals surface area contributed by atoms with Crippen LogP contribution in [0.15, 0.2) is 77.4 Å². The number of nitro groups is 1. The maximum atomic E-state index is 13.0. The minimum atomic E-state index is -1.38. The van der Waals surface area contributed by atoms with E-state index < -0.39 is 47.7 Å². The number of amides is 2. The number of rotatable bonds is 10. The third kappa shape index (κ3) is 6.36. The Balaban J connectivity index is 1.62. The van der Waals surface area contributed by atoms with Crippen LogP contribution in [0.3, 0.4) is 0 Å². The molecule has 2 amide bonds. The fraction of sp³-hybridized carbons (Fsp3) is 0.130. The third-order valence-corrected chi connectivity index (χ3v) is 4.54. The molecule has 11 nitrogen and oxygen atoms in total. The van der Waals surface area contributed by atoms with Crippen LogP contribution >= 0.6 is 0 Å². The van der Waals surface area contributed by atoms with Crippen molar-refractivity contribution in [3.05, 3.63) is 100.0 Å². The molecular formula is C23H19N3O8. The molecule has 0 saturated heterocycles. The smallest absolute Gasteiger partial charge is 0.326 e. The van der Waals surface area contributed by atoms with Crippen LogP contribution in [0.5, 0.6) is 0 Å². The van der Waals surface area contributed by atoms with Gasteiger partial charge in [0.1, 0.15) is 6.54 Å². The zero-order chi connectivity index (χ0) is 24.5. The number of esters is 1. The predicted molar refractivity (Wildman–Crippen MR) is 117 cm³/mol. The largest absolute Gasteiger partial charge is 0.459 e. The first-order valence-electron chi connectivity index (χ1n) is 9.96. The Kier molecular flexibility index (Phi) is 7.84. The molecule has 0 unspecified atom stereocenters. The summed E-state index contributed by atoms with van der Waals surface area (Å²) < 4.78 is 10.2. The summed E-state index contributed by atoms with van der Waals surface area (Å²) in [6.45, 7) is -0.984. The van der Waals surface area contributed by atoms with Gasteiger partial charge in [0, 0.05) is 23.3 Å². The lowest BCUT2D eigenvalue weighted by atomic mass is 9.99. The van der Waals surface area contributed by atoms with Crippen LogP contribution in [0.4, 0.5) is 5.69 Å². The SMILES string of the molecule is O=C(CNC(=O)c1ccco1)NCC(=O)O[C@H](C(=O)c1ccccc1)c1ccc([N+](=O)[O-])cc1. The van der Waals surface area contributed by atoms with Crippen molar-refractivity contribution in [3.8, 4) is 0 Å². The Labute approximate surface area is 192 Å². The Morgan fingerprint density at radius 2 is 1.62 bits per heavy atom. The van der Waals surface area contributed by atoms with Gasteiger partial charge in [0.05, 0.1) is 17.7 Å². The molecular weight excluding hydrogens is 446 g/mol. The van der Waals surface area contributed by atoms with Crippen LogP contribution in [-0.2, 0) is 14.3 Å². The number of non-ortho nitro benzene ring substituents is 1. The van der Waals surface area contributed by atoms with Crippen LogP contribution in [-0.4, -0.2) is 41.6 Å². The van der Waals surface area contributed by atoms with E-state index in [-0.39, 0.29) is 22.6 Å². The van der Waals surface area contributed by atoms with Crippen molar-refractivity contribution in [2.45, 2.75) is 6.10 Å². The van der Waals surface area contributed by atoms with Crippen LogP contribution in [0.1, 0.15) is 32.6 Å². The highest BCUT2D eigenvalue weighted by atomic mass is 16.6. The van der Waals surface area contributed by atoms with Crippen molar-refractivity contribution in [1.82, 2.24) is 10.6 Å². The van der Waals surface area contributed by atoms with E-state index in [1.165, 1.54) is 54.8 Å². The van der Waals surface area contributed by atoms with E-state index in [1.807, 2.05) is 0 Å². The summed E-state index contributed by atoms with van der Waals surface area (Å²) >= 11 is 0. The second kappa shape index (κ2) is 11.2. The van der Waals surface area contributed by atoms with E-state index in [1.54, 1.807) is 18.2 Å². The van der Waals surface area contributed by atoms with Crippen LogP contribution in [0.2, 0.25) is 0 Å². The zero-order valence-corrected chi connectivity index (χ0v) is 17.6. The van der Waals surface area contributed by atoms with E-state index >= 15 is 0 Å². The average Bonchev–Trinajstić information content (AvgIpc) is 3.40. The minimum Gasteiger partial charge on any atom is -0.459 e. The molecule has 1 aromatic heterocycles. The number of nitrogens with one attached hydrogen (secondary N) is 2. The van der Waals surface area contributed by atoms with E-state index in [4.69, 9.17) is 9.15 Å². The Hall–Kier alpha value is -4.80. The van der Waals surface area contributed by atoms with Gasteiger partial charge in [-0.1, -0.05) is 30.3 Å². The molecule has 0 fully saturated rings. The van der Waals surface area contributed by atoms with E-state index in [0.717, 1.165) is 0 Å². The number of ketones is 1. The van der Waals surface area contributed by atoms with Crippen LogP contribution in [0, 0.1) is 10.1 Å². The Morgan fingerprint density at radius 1 is 0.912 bits per heavy atom. The molecule has 0 radical (unpaired) electrons. The first kappa shape index (κ1) is 23.9. The van der Waals surface area contributed by atoms with Crippen molar-refractivity contribution in [2.24, 2.45) is 0 Å². The summed E-state index contributed by atoms with van der Waals surface area (Å²) in [5.41, 5.74) is 0.304. The van der Waals surface area contributed by atoms with Crippen molar-refractivity contribution in [3.63, 3.8) is 0 Å². The number of furan rings is 1. The van der Waals surface area contributed by atoms with Gasteiger partial charge in [0.25, 0.3) is 11.6 Å². The monoisotopic (exact) mass is 465 g/mol. The molecule has 2 aromatic carbocycles. The van der Waals surface area contributed by atoms with Gasteiger partial charge < -0.3 is 19.8 Å². The van der Waals surface area contributed by atoms with Gasteiger partial charge in [-0.3, -0.25) is 29.3 Å². The molecule has 0 bridgehead atoms. The summed E-state index contributed by atoms with van der Waals surface area (Å²) in [7, 11) is 0. The highest BCUT2D eigenvalue weighted by Crippen LogP contribution is 2.25. The van der Waals surface area contributed by atoms with Gasteiger partial charge in [0.15, 0.2) is 11.9 Å². The molecule has 0 aliphatic carbocycles. The molecule has 2 N–H and O–H groups in total. The molecule has 1 atom stereocenters. The van der Waals surface area contributed by atoms with Crippen molar-refractivity contribution in [2.75, 3.05) is 13.1 Å². The lowest BCUT2D eigenvalue weighted by Crippen LogP contribution is -2.39. The van der Waals surface area contributed by atoms with Gasteiger partial charge in [-0.05, 0) is 24.3 Å². The average molecular weight is 465 g/mol. The van der Waals surface area contributed by atoms with Crippen LogP contribution in [0.25, 0.3) is 0 Å². The number of nitrogens with zero attached hydrogens (tertiary/aromatic N) is 1. The molecule has 174 valence electrons. The zero-order valence-electron chi connectivity index (χ0n) is 17.6. The summed E-state index contributed by atoms with van der Waals surface area (Å²) in [6, 6.07) is 16.0. The van der Waals surface area contributed by atoms with Gasteiger partial charge in [-0.25, -0.2) is 0 Å². The van der Waals surface area contributed by atoms with Crippen LogP contribution < -0.4 is 10.6 Å². The normalized spacial score (nSPS) is 11.2. The number of hydrogen-bond acceptors (Lipinski definition) is 8. The lowest BCUT2D eigenvalue weighted by Gasteiger charge is -2.17. The second-order valence-corrected chi connectivity index (χ2v) is 6.89. The summed E-state index contributed by atoms with van der Waals surface area (Å²) in [6.07, 6.45) is -0.0745. The van der Waals surface area contributed by atoms with Gasteiger partial charge in [-0.15, -0.1) is 0 Å². The predicted octanol–water partition coefficient (Wildman–Crippen LogP) is 2.20. The van der Waals surface area contributed by atoms with Gasteiger partial charge in [-0.2, -0.15) is 0 Å². The highest BCUT2D eigenvalue weighted by molar-refractivity contribution is 6.01. The summed E-state index contributed by atoms with van der Waals surface area (Å²) in [5, 5.41) is 15.5. The maximum absolute atomic E-state index is 13.0. The molecule has 3 aromatic rings. The molecule has 0 aliphatic rings. The van der Waals surface area contributed by atoms with Gasteiger partial charge >= 0.3 is 5.97 Å². The fourth-order valence-electron chi connectivity index (χ4n) is 2.86. The second-order valence-electron chi connectivity index (χ2n) is 6.89. The quantitative estimate of drug-likeness (QED) is 0.200. The molecule has 3 rings (SSSR count).